The molecular formula is C24H21F3N4O2. The van der Waals surface area contributed by atoms with Crippen LogP contribution in [0.15, 0.2) is 64.3 Å². The number of pyridine rings is 1. The molecule has 0 aliphatic heterocycles. The molecule has 0 radical (unpaired) electrons. The molecule has 1 fully saturated rings. The van der Waals surface area contributed by atoms with E-state index in [1.54, 1.807) is 24.5 Å². The standard InChI is InChI=1S/C24H21F3N4O2/c1-14-10-23(28,11-14)17-4-2-16(3-5-17)20-18(15-6-8-29-9-7-15)19-21(33-20)30-13-31(22(19)32)12-24(25,26)27/h2-9,13-14H,10-12,28H2,1H3. The number of benzene rings is 1. The summed E-state index contributed by atoms with van der Waals surface area (Å²) in [6.07, 6.45) is 1.20. The predicted molar refractivity (Wildman–Crippen MR) is 117 cm³/mol. The van der Waals surface area contributed by atoms with Crippen LogP contribution in [0.1, 0.15) is 25.3 Å². The Kier molecular flexibility index (Phi) is 4.89. The average Bonchev–Trinajstić information content (AvgIpc) is 3.15. The number of alkyl halides is 3. The minimum Gasteiger partial charge on any atom is -0.437 e. The first kappa shape index (κ1) is 21.4. The van der Waals surface area contributed by atoms with Crippen LogP contribution in [0, 0.1) is 5.92 Å². The van der Waals surface area contributed by atoms with E-state index in [1.807, 2.05) is 24.3 Å². The number of aromatic nitrogens is 3. The Morgan fingerprint density at radius 3 is 2.39 bits per heavy atom. The molecule has 3 heterocycles. The molecule has 0 bridgehead atoms. The molecule has 5 rings (SSSR count). The zero-order valence-electron chi connectivity index (χ0n) is 17.8. The summed E-state index contributed by atoms with van der Waals surface area (Å²) < 4.78 is 45.4. The van der Waals surface area contributed by atoms with Crippen molar-refractivity contribution in [3.8, 4) is 22.5 Å². The van der Waals surface area contributed by atoms with E-state index in [4.69, 9.17) is 10.2 Å². The van der Waals surface area contributed by atoms with Gasteiger partial charge in [0, 0.05) is 29.1 Å². The molecule has 1 saturated carbocycles. The second kappa shape index (κ2) is 7.55. The van der Waals surface area contributed by atoms with Gasteiger partial charge in [-0.25, -0.2) is 4.98 Å². The van der Waals surface area contributed by atoms with Crippen LogP contribution < -0.4 is 11.3 Å². The van der Waals surface area contributed by atoms with E-state index in [-0.39, 0.29) is 16.6 Å². The number of rotatable bonds is 4. The summed E-state index contributed by atoms with van der Waals surface area (Å²) in [6, 6.07) is 10.9. The van der Waals surface area contributed by atoms with E-state index in [1.165, 1.54) is 0 Å². The highest BCUT2D eigenvalue weighted by molar-refractivity contribution is 5.99. The zero-order valence-corrected chi connectivity index (χ0v) is 17.8. The summed E-state index contributed by atoms with van der Waals surface area (Å²) in [4.78, 5) is 21.0. The predicted octanol–water partition coefficient (Wildman–Crippen LogP) is 4.86. The van der Waals surface area contributed by atoms with Crippen LogP contribution in [0.2, 0.25) is 0 Å². The lowest BCUT2D eigenvalue weighted by atomic mass is 9.66. The van der Waals surface area contributed by atoms with Crippen LogP contribution in [-0.2, 0) is 12.1 Å². The van der Waals surface area contributed by atoms with Gasteiger partial charge in [-0.15, -0.1) is 0 Å². The summed E-state index contributed by atoms with van der Waals surface area (Å²) in [5.41, 5.74) is 7.96. The van der Waals surface area contributed by atoms with Gasteiger partial charge in [-0.1, -0.05) is 31.2 Å². The zero-order chi connectivity index (χ0) is 23.4. The fraction of sp³-hybridized carbons (Fsp3) is 0.292. The first-order chi connectivity index (χ1) is 15.6. The quantitative estimate of drug-likeness (QED) is 0.476. The highest BCUT2D eigenvalue weighted by Gasteiger charge is 2.39. The van der Waals surface area contributed by atoms with E-state index < -0.39 is 18.3 Å². The summed E-state index contributed by atoms with van der Waals surface area (Å²) in [6.45, 7) is 0.726. The highest BCUT2D eigenvalue weighted by Crippen LogP contribution is 2.44. The molecule has 0 spiro atoms. The molecule has 1 aliphatic rings. The lowest BCUT2D eigenvalue weighted by molar-refractivity contribution is -0.141. The second-order valence-corrected chi connectivity index (χ2v) is 8.76. The Balaban J connectivity index is 1.68. The van der Waals surface area contributed by atoms with Crippen LogP contribution >= 0.6 is 0 Å². The number of furan rings is 1. The molecule has 33 heavy (non-hydrogen) atoms. The SMILES string of the molecule is CC1CC(N)(c2ccc(-c3oc4ncn(CC(F)(F)F)c(=O)c4c3-c3ccncc3)cc2)C1. The molecule has 4 aromatic rings. The van der Waals surface area contributed by atoms with Crippen LogP contribution in [-0.4, -0.2) is 20.7 Å². The minimum atomic E-state index is -4.56. The van der Waals surface area contributed by atoms with Gasteiger partial charge in [0.05, 0.1) is 0 Å². The molecular weight excluding hydrogens is 433 g/mol. The maximum absolute atomic E-state index is 13.0. The van der Waals surface area contributed by atoms with Gasteiger partial charge in [0.25, 0.3) is 5.56 Å². The van der Waals surface area contributed by atoms with Crippen LogP contribution in [0.3, 0.4) is 0 Å². The molecule has 9 heteroatoms. The number of halogens is 3. The van der Waals surface area contributed by atoms with Crippen molar-refractivity contribution in [2.75, 3.05) is 0 Å². The Hall–Kier alpha value is -3.46. The number of fused-ring (bicyclic) bond motifs is 1. The van der Waals surface area contributed by atoms with Gasteiger partial charge in [0.15, 0.2) is 0 Å². The van der Waals surface area contributed by atoms with Crippen molar-refractivity contribution in [2.24, 2.45) is 11.7 Å². The van der Waals surface area contributed by atoms with Crippen LogP contribution in [0.25, 0.3) is 33.6 Å². The monoisotopic (exact) mass is 454 g/mol. The molecule has 1 aromatic carbocycles. The van der Waals surface area contributed by atoms with Crippen LogP contribution in [0.4, 0.5) is 13.2 Å². The van der Waals surface area contributed by atoms with E-state index in [2.05, 4.69) is 16.9 Å². The van der Waals surface area contributed by atoms with Crippen molar-refractivity contribution in [1.29, 1.82) is 0 Å². The maximum atomic E-state index is 13.0. The smallest absolute Gasteiger partial charge is 0.406 e. The van der Waals surface area contributed by atoms with Crippen molar-refractivity contribution in [1.82, 2.24) is 14.5 Å². The molecule has 6 nitrogen and oxygen atoms in total. The Labute approximate surface area is 186 Å². The summed E-state index contributed by atoms with van der Waals surface area (Å²) in [5, 5.41) is -0.00450. The van der Waals surface area contributed by atoms with Gasteiger partial charge < -0.3 is 10.2 Å². The van der Waals surface area contributed by atoms with E-state index in [0.717, 1.165) is 24.7 Å². The molecule has 170 valence electrons. The minimum absolute atomic E-state index is 0.00450. The third-order valence-electron chi connectivity index (χ3n) is 6.14. The molecule has 0 unspecified atom stereocenters. The van der Waals surface area contributed by atoms with Crippen molar-refractivity contribution in [3.05, 3.63) is 71.0 Å². The van der Waals surface area contributed by atoms with Gasteiger partial charge in [-0.3, -0.25) is 14.3 Å². The summed E-state index contributed by atoms with van der Waals surface area (Å²) >= 11 is 0. The first-order valence-corrected chi connectivity index (χ1v) is 10.5. The lowest BCUT2D eigenvalue weighted by Gasteiger charge is -2.44. The van der Waals surface area contributed by atoms with Gasteiger partial charge in [-0.05, 0) is 42.0 Å². The lowest BCUT2D eigenvalue weighted by Crippen LogP contribution is -2.47. The molecule has 3 aromatic heterocycles. The molecule has 0 atom stereocenters. The summed E-state index contributed by atoms with van der Waals surface area (Å²) in [7, 11) is 0. The van der Waals surface area contributed by atoms with Gasteiger partial charge in [0.1, 0.15) is 24.0 Å². The van der Waals surface area contributed by atoms with E-state index in [9.17, 15) is 18.0 Å². The maximum Gasteiger partial charge on any atom is 0.406 e. The van der Waals surface area contributed by atoms with Gasteiger partial charge in [0.2, 0.25) is 5.71 Å². The fourth-order valence-corrected chi connectivity index (χ4v) is 4.70. The van der Waals surface area contributed by atoms with Gasteiger partial charge in [-0.2, -0.15) is 13.2 Å². The number of hydrogen-bond donors (Lipinski definition) is 1. The van der Waals surface area contributed by atoms with Crippen molar-refractivity contribution < 1.29 is 17.6 Å². The van der Waals surface area contributed by atoms with E-state index in [0.29, 0.717) is 32.9 Å². The largest absolute Gasteiger partial charge is 0.437 e. The number of nitrogens with zero attached hydrogens (tertiary/aromatic N) is 3. The second-order valence-electron chi connectivity index (χ2n) is 8.76. The van der Waals surface area contributed by atoms with Crippen molar-refractivity contribution in [2.45, 2.75) is 38.0 Å². The number of nitrogens with two attached hydrogens (primary N) is 1. The summed E-state index contributed by atoms with van der Waals surface area (Å²) in [5.74, 6) is 0.929. The Morgan fingerprint density at radius 2 is 1.79 bits per heavy atom. The first-order valence-electron chi connectivity index (χ1n) is 10.5. The third-order valence-corrected chi connectivity index (χ3v) is 6.14. The topological polar surface area (TPSA) is 86.9 Å². The third kappa shape index (κ3) is 3.82. The van der Waals surface area contributed by atoms with Crippen molar-refractivity contribution >= 4 is 11.1 Å². The molecule has 0 amide bonds. The number of hydrogen-bond acceptors (Lipinski definition) is 5. The molecule has 1 aliphatic carbocycles. The Morgan fingerprint density at radius 1 is 1.12 bits per heavy atom. The fourth-order valence-electron chi connectivity index (χ4n) is 4.70. The van der Waals surface area contributed by atoms with Crippen molar-refractivity contribution in [3.63, 3.8) is 0 Å². The van der Waals surface area contributed by atoms with Gasteiger partial charge >= 0.3 is 6.18 Å². The van der Waals surface area contributed by atoms with Crippen LogP contribution in [0.5, 0.6) is 0 Å². The normalized spacial score (nSPS) is 20.7. The molecule has 2 N–H and O–H groups in total. The van der Waals surface area contributed by atoms with E-state index >= 15 is 0 Å². The highest BCUT2D eigenvalue weighted by atomic mass is 19.4. The Bertz CT molecular complexity index is 1370. The average molecular weight is 454 g/mol. The molecule has 0 saturated heterocycles.